The summed E-state index contributed by atoms with van der Waals surface area (Å²) in [5, 5.41) is 8.94. The second kappa shape index (κ2) is 6.75. The van der Waals surface area contributed by atoms with Crippen LogP contribution < -0.4 is 5.32 Å². The third kappa shape index (κ3) is 3.57. The van der Waals surface area contributed by atoms with Crippen molar-refractivity contribution in [3.05, 3.63) is 46.3 Å². The van der Waals surface area contributed by atoms with Gasteiger partial charge in [0.2, 0.25) is 0 Å². The molecule has 8 nitrogen and oxygen atoms in total. The number of amides is 2. The summed E-state index contributed by atoms with van der Waals surface area (Å²) < 4.78 is 1.51. The third-order valence-corrected chi connectivity index (χ3v) is 3.90. The Labute approximate surface area is 143 Å². The average Bonchev–Trinajstić information content (AvgIpc) is 3.17. The van der Waals surface area contributed by atoms with Gasteiger partial charge >= 0.3 is 6.03 Å². The molecule has 0 saturated heterocycles. The topological polar surface area (TPSA) is 88.8 Å². The molecule has 0 saturated carbocycles. The van der Waals surface area contributed by atoms with E-state index in [1.54, 1.807) is 29.7 Å². The van der Waals surface area contributed by atoms with Crippen LogP contribution in [-0.4, -0.2) is 42.7 Å². The zero-order chi connectivity index (χ0) is 17.1. The summed E-state index contributed by atoms with van der Waals surface area (Å²) in [6.45, 7) is 4.21. The van der Waals surface area contributed by atoms with Crippen molar-refractivity contribution in [2.45, 2.75) is 20.4 Å². The van der Waals surface area contributed by atoms with Crippen molar-refractivity contribution in [3.8, 4) is 5.95 Å². The molecule has 0 radical (unpaired) electrons. The van der Waals surface area contributed by atoms with Gasteiger partial charge in [-0.15, -0.1) is 11.3 Å². The fraction of sp³-hybridized carbons (Fsp3) is 0.267. The number of hydrogen-bond acceptors (Lipinski definition) is 6. The fourth-order valence-corrected chi connectivity index (χ4v) is 2.74. The van der Waals surface area contributed by atoms with Crippen LogP contribution >= 0.6 is 11.3 Å². The lowest BCUT2D eigenvalue weighted by Gasteiger charge is -2.17. The molecule has 0 atom stereocenters. The van der Waals surface area contributed by atoms with Crippen molar-refractivity contribution in [1.82, 2.24) is 29.6 Å². The van der Waals surface area contributed by atoms with Gasteiger partial charge in [-0.1, -0.05) is 0 Å². The Balaban J connectivity index is 1.76. The van der Waals surface area contributed by atoms with E-state index >= 15 is 0 Å². The number of thiazole rings is 1. The van der Waals surface area contributed by atoms with E-state index in [4.69, 9.17) is 0 Å². The minimum atomic E-state index is -0.255. The Morgan fingerprint density at radius 1 is 1.33 bits per heavy atom. The van der Waals surface area contributed by atoms with Crippen LogP contribution in [0.5, 0.6) is 0 Å². The Kier molecular flexibility index (Phi) is 4.52. The number of aryl methyl sites for hydroxylation is 2. The van der Waals surface area contributed by atoms with Gasteiger partial charge in [-0.05, 0) is 19.9 Å². The maximum absolute atomic E-state index is 12.4. The maximum Gasteiger partial charge on any atom is 0.323 e. The highest BCUT2D eigenvalue weighted by atomic mass is 32.1. The number of hydrogen-bond donors (Lipinski definition) is 1. The first kappa shape index (κ1) is 16.1. The SMILES string of the molecule is Cc1cc(C)nc(-n2nccc2NC(=O)N(C)Cc2cscn2)n1. The number of aromatic nitrogens is 5. The first-order valence-corrected chi connectivity index (χ1v) is 8.23. The van der Waals surface area contributed by atoms with Gasteiger partial charge in [0, 0.05) is 29.9 Å². The first-order valence-electron chi connectivity index (χ1n) is 7.29. The molecule has 24 heavy (non-hydrogen) atoms. The normalized spacial score (nSPS) is 10.6. The number of nitrogens with zero attached hydrogens (tertiary/aromatic N) is 6. The summed E-state index contributed by atoms with van der Waals surface area (Å²) in [6.07, 6.45) is 1.59. The average molecular weight is 343 g/mol. The molecule has 0 aliphatic rings. The second-order valence-corrected chi connectivity index (χ2v) is 6.06. The van der Waals surface area contributed by atoms with Gasteiger partial charge in [-0.3, -0.25) is 5.32 Å². The number of rotatable bonds is 4. The number of carbonyl (C=O) groups excluding carboxylic acids is 1. The summed E-state index contributed by atoms with van der Waals surface area (Å²) in [7, 11) is 1.71. The molecular weight excluding hydrogens is 326 g/mol. The van der Waals surface area contributed by atoms with E-state index < -0.39 is 0 Å². The van der Waals surface area contributed by atoms with E-state index in [-0.39, 0.29) is 6.03 Å². The molecule has 0 aromatic carbocycles. The number of carbonyl (C=O) groups is 1. The first-order chi connectivity index (χ1) is 11.5. The quantitative estimate of drug-likeness (QED) is 0.786. The van der Waals surface area contributed by atoms with Gasteiger partial charge in [-0.25, -0.2) is 19.7 Å². The Bertz CT molecular complexity index is 823. The minimum absolute atomic E-state index is 0.255. The highest BCUT2D eigenvalue weighted by Gasteiger charge is 2.15. The van der Waals surface area contributed by atoms with Crippen LogP contribution in [0, 0.1) is 13.8 Å². The Morgan fingerprint density at radius 3 is 2.75 bits per heavy atom. The molecule has 3 aromatic rings. The molecule has 0 aliphatic carbocycles. The van der Waals surface area contributed by atoms with Crippen LogP contribution in [0.4, 0.5) is 10.6 Å². The van der Waals surface area contributed by atoms with E-state index in [0.717, 1.165) is 17.1 Å². The predicted molar refractivity (Wildman–Crippen MR) is 91.2 cm³/mol. The summed E-state index contributed by atoms with van der Waals surface area (Å²) in [6, 6.07) is 3.33. The van der Waals surface area contributed by atoms with Crippen molar-refractivity contribution in [2.24, 2.45) is 0 Å². The smallest absolute Gasteiger partial charge is 0.322 e. The van der Waals surface area contributed by atoms with E-state index in [9.17, 15) is 4.79 Å². The van der Waals surface area contributed by atoms with Crippen molar-refractivity contribution in [3.63, 3.8) is 0 Å². The lowest BCUT2D eigenvalue weighted by atomic mass is 10.4. The maximum atomic E-state index is 12.4. The number of anilines is 1. The van der Waals surface area contributed by atoms with Crippen LogP contribution in [0.1, 0.15) is 17.1 Å². The molecule has 124 valence electrons. The predicted octanol–water partition coefficient (Wildman–Crippen LogP) is 2.40. The molecule has 2 amide bonds. The van der Waals surface area contributed by atoms with Crippen LogP contribution in [-0.2, 0) is 6.54 Å². The standard InChI is InChI=1S/C15H17N7OS/c1-10-6-11(2)19-14(18-10)22-13(4-5-17-22)20-15(23)21(3)7-12-8-24-9-16-12/h4-6,8-9H,7H2,1-3H3,(H,20,23). The van der Waals surface area contributed by atoms with Crippen molar-refractivity contribution in [1.29, 1.82) is 0 Å². The van der Waals surface area contributed by atoms with Crippen LogP contribution in [0.25, 0.3) is 5.95 Å². The van der Waals surface area contributed by atoms with Crippen molar-refractivity contribution >= 4 is 23.2 Å². The molecule has 3 rings (SSSR count). The highest BCUT2D eigenvalue weighted by Crippen LogP contribution is 2.13. The minimum Gasteiger partial charge on any atom is -0.322 e. The lowest BCUT2D eigenvalue weighted by Crippen LogP contribution is -2.31. The summed E-state index contributed by atoms with van der Waals surface area (Å²) in [5.41, 5.74) is 4.27. The van der Waals surface area contributed by atoms with Gasteiger partial charge in [0.25, 0.3) is 5.95 Å². The molecule has 3 aromatic heterocycles. The van der Waals surface area contributed by atoms with E-state index in [0.29, 0.717) is 18.3 Å². The molecule has 1 N–H and O–H groups in total. The van der Waals surface area contributed by atoms with E-state index in [2.05, 4.69) is 25.4 Å². The van der Waals surface area contributed by atoms with Gasteiger partial charge in [-0.2, -0.15) is 9.78 Å². The monoisotopic (exact) mass is 343 g/mol. The number of nitrogens with one attached hydrogen (secondary N) is 1. The molecular formula is C15H17N7OS. The van der Waals surface area contributed by atoms with Gasteiger partial charge in [0.15, 0.2) is 0 Å². The molecule has 0 unspecified atom stereocenters. The zero-order valence-corrected chi connectivity index (χ0v) is 14.4. The van der Waals surface area contributed by atoms with Crippen molar-refractivity contribution < 1.29 is 4.79 Å². The van der Waals surface area contributed by atoms with Crippen LogP contribution in [0.3, 0.4) is 0 Å². The molecule has 3 heterocycles. The molecule has 9 heteroatoms. The Hall–Kier alpha value is -2.81. The summed E-state index contributed by atoms with van der Waals surface area (Å²) in [5.74, 6) is 0.935. The molecule has 0 bridgehead atoms. The summed E-state index contributed by atoms with van der Waals surface area (Å²) >= 11 is 1.50. The van der Waals surface area contributed by atoms with E-state index in [1.807, 2.05) is 25.3 Å². The molecule has 0 spiro atoms. The largest absolute Gasteiger partial charge is 0.323 e. The van der Waals surface area contributed by atoms with Crippen LogP contribution in [0.2, 0.25) is 0 Å². The van der Waals surface area contributed by atoms with E-state index in [1.165, 1.54) is 16.0 Å². The third-order valence-electron chi connectivity index (χ3n) is 3.27. The lowest BCUT2D eigenvalue weighted by molar-refractivity contribution is 0.220. The highest BCUT2D eigenvalue weighted by molar-refractivity contribution is 7.07. The van der Waals surface area contributed by atoms with Gasteiger partial charge in [0.05, 0.1) is 23.9 Å². The van der Waals surface area contributed by atoms with Gasteiger partial charge < -0.3 is 4.90 Å². The van der Waals surface area contributed by atoms with Crippen molar-refractivity contribution in [2.75, 3.05) is 12.4 Å². The second-order valence-electron chi connectivity index (χ2n) is 5.34. The fourth-order valence-electron chi connectivity index (χ4n) is 2.19. The zero-order valence-electron chi connectivity index (χ0n) is 13.6. The van der Waals surface area contributed by atoms with Crippen LogP contribution in [0.15, 0.2) is 29.2 Å². The summed E-state index contributed by atoms with van der Waals surface area (Å²) in [4.78, 5) is 26.8. The molecule has 0 aliphatic heterocycles. The van der Waals surface area contributed by atoms with Gasteiger partial charge in [0.1, 0.15) is 5.82 Å². The molecule has 0 fully saturated rings. The Morgan fingerprint density at radius 2 is 2.08 bits per heavy atom. The number of urea groups is 1.